The molecule has 0 bridgehead atoms. The van der Waals surface area contributed by atoms with Gasteiger partial charge in [0.05, 0.1) is 6.04 Å². The van der Waals surface area contributed by atoms with Crippen molar-refractivity contribution in [2.75, 3.05) is 13.1 Å². The first-order valence-corrected chi connectivity index (χ1v) is 7.06. The van der Waals surface area contributed by atoms with Gasteiger partial charge in [-0.3, -0.25) is 9.59 Å². The number of hydrogen-bond donors (Lipinski definition) is 1. The summed E-state index contributed by atoms with van der Waals surface area (Å²) in [4.78, 5) is 25.6. The smallest absolute Gasteiger partial charge is 0.273 e. The second kappa shape index (κ2) is 6.07. The minimum atomic E-state index is -0.281. The van der Waals surface area contributed by atoms with Crippen LogP contribution in [0.3, 0.4) is 0 Å². The van der Waals surface area contributed by atoms with E-state index in [4.69, 9.17) is 4.52 Å². The number of carbonyl (C=O) groups is 2. The van der Waals surface area contributed by atoms with Crippen molar-refractivity contribution in [2.45, 2.75) is 45.6 Å². The highest BCUT2D eigenvalue weighted by atomic mass is 16.5. The molecule has 110 valence electrons. The van der Waals surface area contributed by atoms with Crippen LogP contribution in [0, 0.1) is 0 Å². The third-order valence-corrected chi connectivity index (χ3v) is 3.37. The second-order valence-corrected chi connectivity index (χ2v) is 5.48. The van der Waals surface area contributed by atoms with Crippen LogP contribution in [-0.2, 0) is 4.79 Å². The number of aromatic nitrogens is 1. The molecule has 6 nitrogen and oxygen atoms in total. The number of carbonyl (C=O) groups excluding carboxylic acids is 2. The van der Waals surface area contributed by atoms with E-state index >= 15 is 0 Å². The zero-order valence-corrected chi connectivity index (χ0v) is 12.2. The Labute approximate surface area is 118 Å². The van der Waals surface area contributed by atoms with Gasteiger partial charge in [-0.05, 0) is 6.42 Å². The molecule has 2 amide bonds. The van der Waals surface area contributed by atoms with Crippen molar-refractivity contribution in [1.29, 1.82) is 0 Å². The Morgan fingerprint density at radius 1 is 1.60 bits per heavy atom. The molecule has 1 unspecified atom stereocenters. The van der Waals surface area contributed by atoms with Gasteiger partial charge in [0.2, 0.25) is 5.91 Å². The molecule has 6 heteroatoms. The van der Waals surface area contributed by atoms with E-state index in [2.05, 4.69) is 10.5 Å². The molecule has 1 fully saturated rings. The summed E-state index contributed by atoms with van der Waals surface area (Å²) in [5, 5.41) is 6.61. The van der Waals surface area contributed by atoms with E-state index < -0.39 is 0 Å². The topological polar surface area (TPSA) is 75.4 Å². The largest absolute Gasteiger partial charge is 0.360 e. The monoisotopic (exact) mass is 279 g/mol. The molecule has 1 saturated heterocycles. The summed E-state index contributed by atoms with van der Waals surface area (Å²) < 4.78 is 5.10. The number of hydrogen-bond acceptors (Lipinski definition) is 4. The standard InChI is InChI=1S/C14H21N3O3/c1-4-5-17-8-10(6-13(17)18)15-14(19)11-7-12(9(2)3)20-16-11/h7,9-10H,4-6,8H2,1-3H3,(H,15,19). The third kappa shape index (κ3) is 3.18. The molecule has 0 aromatic carbocycles. The lowest BCUT2D eigenvalue weighted by atomic mass is 10.1. The predicted molar refractivity (Wildman–Crippen MR) is 73.3 cm³/mol. The average Bonchev–Trinajstić information content (AvgIpc) is 2.98. The summed E-state index contributed by atoms with van der Waals surface area (Å²) in [5.74, 6) is 0.694. The Bertz CT molecular complexity index is 496. The Kier molecular flexibility index (Phi) is 4.42. The molecule has 1 N–H and O–H groups in total. The maximum Gasteiger partial charge on any atom is 0.273 e. The molecule has 2 rings (SSSR count). The molecule has 1 aliphatic heterocycles. The van der Waals surface area contributed by atoms with Gasteiger partial charge >= 0.3 is 0 Å². The molecule has 0 radical (unpaired) electrons. The van der Waals surface area contributed by atoms with E-state index in [-0.39, 0.29) is 29.5 Å². The highest BCUT2D eigenvalue weighted by Gasteiger charge is 2.30. The van der Waals surface area contributed by atoms with Gasteiger partial charge in [-0.15, -0.1) is 0 Å². The highest BCUT2D eigenvalue weighted by Crippen LogP contribution is 2.16. The quantitative estimate of drug-likeness (QED) is 0.887. The Morgan fingerprint density at radius 3 is 2.95 bits per heavy atom. The normalized spacial score (nSPS) is 18.9. The Hall–Kier alpha value is -1.85. The fraction of sp³-hybridized carbons (Fsp3) is 0.643. The molecule has 1 aromatic heterocycles. The fourth-order valence-electron chi connectivity index (χ4n) is 2.28. The van der Waals surface area contributed by atoms with Crippen LogP contribution in [0.2, 0.25) is 0 Å². The summed E-state index contributed by atoms with van der Waals surface area (Å²) in [6.07, 6.45) is 1.29. The SMILES string of the molecule is CCCN1CC(NC(=O)c2cc(C(C)C)on2)CC1=O. The van der Waals surface area contributed by atoms with Gasteiger partial charge in [-0.25, -0.2) is 0 Å². The lowest BCUT2D eigenvalue weighted by molar-refractivity contribution is -0.127. The first kappa shape index (κ1) is 14.6. The highest BCUT2D eigenvalue weighted by molar-refractivity contribution is 5.93. The number of nitrogens with one attached hydrogen (secondary N) is 1. The molecular formula is C14H21N3O3. The maximum atomic E-state index is 12.0. The van der Waals surface area contributed by atoms with Crippen LogP contribution in [-0.4, -0.2) is 41.0 Å². The Balaban J connectivity index is 1.93. The summed E-state index contributed by atoms with van der Waals surface area (Å²) in [5.41, 5.74) is 0.273. The van der Waals surface area contributed by atoms with Crippen LogP contribution < -0.4 is 5.32 Å². The zero-order valence-electron chi connectivity index (χ0n) is 12.2. The van der Waals surface area contributed by atoms with Crippen LogP contribution in [0.4, 0.5) is 0 Å². The summed E-state index contributed by atoms with van der Waals surface area (Å²) in [6, 6.07) is 1.52. The van der Waals surface area contributed by atoms with E-state index in [1.54, 1.807) is 11.0 Å². The summed E-state index contributed by atoms with van der Waals surface area (Å²) in [7, 11) is 0. The number of amides is 2. The Morgan fingerprint density at radius 2 is 2.35 bits per heavy atom. The maximum absolute atomic E-state index is 12.0. The average molecular weight is 279 g/mol. The van der Waals surface area contributed by atoms with Crippen molar-refractivity contribution in [3.05, 3.63) is 17.5 Å². The lowest BCUT2D eigenvalue weighted by Gasteiger charge is -2.15. The summed E-state index contributed by atoms with van der Waals surface area (Å²) in [6.45, 7) is 7.29. The van der Waals surface area contributed by atoms with Crippen molar-refractivity contribution < 1.29 is 14.1 Å². The first-order valence-electron chi connectivity index (χ1n) is 7.06. The number of nitrogens with zero attached hydrogens (tertiary/aromatic N) is 2. The molecule has 20 heavy (non-hydrogen) atoms. The van der Waals surface area contributed by atoms with Gasteiger partial charge in [-0.1, -0.05) is 25.9 Å². The van der Waals surface area contributed by atoms with Crippen LogP contribution in [0.5, 0.6) is 0 Å². The van der Waals surface area contributed by atoms with E-state index in [9.17, 15) is 9.59 Å². The lowest BCUT2D eigenvalue weighted by Crippen LogP contribution is -2.37. The molecule has 1 atom stereocenters. The minimum Gasteiger partial charge on any atom is -0.360 e. The van der Waals surface area contributed by atoms with Crippen molar-refractivity contribution in [1.82, 2.24) is 15.4 Å². The predicted octanol–water partition coefficient (Wildman–Crippen LogP) is 1.54. The second-order valence-electron chi connectivity index (χ2n) is 5.48. The minimum absolute atomic E-state index is 0.0974. The number of likely N-dealkylation sites (tertiary alicyclic amines) is 1. The van der Waals surface area contributed by atoms with Gasteiger partial charge in [0, 0.05) is 31.5 Å². The van der Waals surface area contributed by atoms with Gasteiger partial charge in [0.1, 0.15) is 5.76 Å². The van der Waals surface area contributed by atoms with Gasteiger partial charge in [0.15, 0.2) is 5.69 Å². The molecule has 2 heterocycles. The zero-order chi connectivity index (χ0) is 14.7. The van der Waals surface area contributed by atoms with Gasteiger partial charge in [0.25, 0.3) is 5.91 Å². The summed E-state index contributed by atoms with van der Waals surface area (Å²) >= 11 is 0. The fourth-order valence-corrected chi connectivity index (χ4v) is 2.28. The van der Waals surface area contributed by atoms with Crippen LogP contribution in [0.1, 0.15) is 55.8 Å². The van der Waals surface area contributed by atoms with Crippen LogP contribution in [0.25, 0.3) is 0 Å². The number of rotatable bonds is 5. The van der Waals surface area contributed by atoms with E-state index in [1.807, 2.05) is 20.8 Å². The molecule has 0 aliphatic carbocycles. The first-order chi connectivity index (χ1) is 9.51. The van der Waals surface area contributed by atoms with E-state index in [0.29, 0.717) is 18.7 Å². The van der Waals surface area contributed by atoms with Gasteiger partial charge < -0.3 is 14.7 Å². The van der Waals surface area contributed by atoms with E-state index in [1.165, 1.54) is 0 Å². The third-order valence-electron chi connectivity index (χ3n) is 3.37. The van der Waals surface area contributed by atoms with Crippen molar-refractivity contribution >= 4 is 11.8 Å². The molecule has 0 saturated carbocycles. The van der Waals surface area contributed by atoms with Crippen molar-refractivity contribution in [3.8, 4) is 0 Å². The molecule has 1 aliphatic rings. The van der Waals surface area contributed by atoms with Crippen LogP contribution >= 0.6 is 0 Å². The molecule has 1 aromatic rings. The van der Waals surface area contributed by atoms with Crippen molar-refractivity contribution in [2.24, 2.45) is 0 Å². The van der Waals surface area contributed by atoms with Crippen molar-refractivity contribution in [3.63, 3.8) is 0 Å². The van der Waals surface area contributed by atoms with E-state index in [0.717, 1.165) is 13.0 Å². The molecule has 0 spiro atoms. The van der Waals surface area contributed by atoms with Gasteiger partial charge in [-0.2, -0.15) is 0 Å². The molecular weight excluding hydrogens is 258 g/mol. The van der Waals surface area contributed by atoms with Crippen LogP contribution in [0.15, 0.2) is 10.6 Å².